The van der Waals surface area contributed by atoms with Crippen LogP contribution in [0.4, 0.5) is 0 Å². The monoisotopic (exact) mass is 280 g/mol. The van der Waals surface area contributed by atoms with Crippen LogP contribution in [0.3, 0.4) is 0 Å². The van der Waals surface area contributed by atoms with Crippen molar-refractivity contribution in [2.75, 3.05) is 0 Å². The standard InChI is InChI=1S/C15H28OSi2/c1-6-18(7-2,8-3)14-17(4,5)16-15-12-10-9-11-13-15/h9-13H,6-8,14H2,1-5H3. The molecule has 0 aliphatic rings. The summed E-state index contributed by atoms with van der Waals surface area (Å²) in [5.74, 6) is 1.06. The van der Waals surface area contributed by atoms with Crippen LogP contribution in [0.25, 0.3) is 0 Å². The van der Waals surface area contributed by atoms with Crippen LogP contribution in [0.1, 0.15) is 20.8 Å². The van der Waals surface area contributed by atoms with Gasteiger partial charge in [0.05, 0.1) is 8.07 Å². The predicted octanol–water partition coefficient (Wildman–Crippen LogP) is 5.32. The van der Waals surface area contributed by atoms with Gasteiger partial charge in [-0.15, -0.1) is 0 Å². The normalized spacial score (nSPS) is 12.5. The van der Waals surface area contributed by atoms with Gasteiger partial charge in [-0.3, -0.25) is 0 Å². The largest absolute Gasteiger partial charge is 0.544 e. The van der Waals surface area contributed by atoms with E-state index in [4.69, 9.17) is 4.43 Å². The van der Waals surface area contributed by atoms with Crippen LogP contribution >= 0.6 is 0 Å². The summed E-state index contributed by atoms with van der Waals surface area (Å²) < 4.78 is 6.34. The molecular formula is C15H28OSi2. The zero-order valence-electron chi connectivity index (χ0n) is 12.6. The van der Waals surface area contributed by atoms with E-state index in [0.29, 0.717) is 0 Å². The first kappa shape index (κ1) is 15.5. The number of hydrogen-bond acceptors (Lipinski definition) is 1. The van der Waals surface area contributed by atoms with Crippen molar-refractivity contribution in [3.8, 4) is 5.75 Å². The Labute approximate surface area is 115 Å². The molecule has 1 nitrogen and oxygen atoms in total. The molecule has 18 heavy (non-hydrogen) atoms. The van der Waals surface area contributed by atoms with Gasteiger partial charge in [-0.1, -0.05) is 57.1 Å². The van der Waals surface area contributed by atoms with Gasteiger partial charge < -0.3 is 4.43 Å². The van der Waals surface area contributed by atoms with Gasteiger partial charge in [-0.2, -0.15) is 0 Å². The second kappa shape index (κ2) is 6.57. The molecule has 0 unspecified atom stereocenters. The van der Waals surface area contributed by atoms with Crippen LogP contribution in [0.5, 0.6) is 5.75 Å². The molecule has 0 aromatic heterocycles. The lowest BCUT2D eigenvalue weighted by molar-refractivity contribution is 0.553. The number of hydrogen-bond donors (Lipinski definition) is 0. The fourth-order valence-corrected chi connectivity index (χ4v) is 15.7. The maximum absolute atomic E-state index is 6.34. The first-order valence-corrected chi connectivity index (χ1v) is 13.2. The molecule has 0 amide bonds. The minimum Gasteiger partial charge on any atom is -0.544 e. The minimum atomic E-state index is -1.58. The molecule has 0 aliphatic carbocycles. The molecule has 102 valence electrons. The molecule has 0 radical (unpaired) electrons. The van der Waals surface area contributed by atoms with E-state index in [-0.39, 0.29) is 0 Å². The molecule has 3 heteroatoms. The molecule has 0 saturated heterocycles. The van der Waals surface area contributed by atoms with Crippen molar-refractivity contribution in [3.05, 3.63) is 30.3 Å². The van der Waals surface area contributed by atoms with Gasteiger partial charge >= 0.3 is 0 Å². The van der Waals surface area contributed by atoms with Crippen LogP contribution in [0.15, 0.2) is 30.3 Å². The summed E-state index contributed by atoms with van der Waals surface area (Å²) in [6.45, 7) is 11.9. The van der Waals surface area contributed by atoms with E-state index in [1.807, 2.05) is 6.07 Å². The van der Waals surface area contributed by atoms with E-state index in [1.54, 1.807) is 0 Å². The Morgan fingerprint density at radius 2 is 1.39 bits per heavy atom. The van der Waals surface area contributed by atoms with E-state index in [1.165, 1.54) is 23.8 Å². The van der Waals surface area contributed by atoms with Gasteiger partial charge in [0.1, 0.15) is 5.75 Å². The molecule has 0 heterocycles. The summed E-state index contributed by atoms with van der Waals surface area (Å²) in [6.07, 6.45) is 0. The van der Waals surface area contributed by atoms with Crippen LogP contribution in [-0.4, -0.2) is 16.4 Å². The Hall–Kier alpha value is -0.546. The third-order valence-electron chi connectivity index (χ3n) is 4.19. The Morgan fingerprint density at radius 3 is 1.83 bits per heavy atom. The van der Waals surface area contributed by atoms with Gasteiger partial charge in [0.2, 0.25) is 8.32 Å². The summed E-state index contributed by atoms with van der Waals surface area (Å²) in [6, 6.07) is 14.5. The SMILES string of the molecule is CC[Si](CC)(CC)C[Si](C)(C)Oc1ccccc1. The van der Waals surface area contributed by atoms with Crippen LogP contribution in [0, 0.1) is 0 Å². The molecule has 0 aliphatic heterocycles. The Bertz CT molecular complexity index is 337. The molecule has 0 saturated carbocycles. The quantitative estimate of drug-likeness (QED) is 0.614. The smallest absolute Gasteiger partial charge is 0.242 e. The van der Waals surface area contributed by atoms with Gasteiger partial charge in [-0.05, 0) is 30.9 Å². The lowest BCUT2D eigenvalue weighted by Gasteiger charge is -2.35. The average Bonchev–Trinajstić information content (AvgIpc) is 2.37. The molecule has 0 bridgehead atoms. The second-order valence-corrected chi connectivity index (χ2v) is 16.2. The third kappa shape index (κ3) is 4.28. The summed E-state index contributed by atoms with van der Waals surface area (Å²) in [5, 5.41) is 0. The molecule has 0 spiro atoms. The number of para-hydroxylation sites is 1. The lowest BCUT2D eigenvalue weighted by Crippen LogP contribution is -2.46. The highest BCUT2D eigenvalue weighted by Gasteiger charge is 2.37. The highest BCUT2D eigenvalue weighted by Crippen LogP contribution is 2.31. The molecule has 0 atom stereocenters. The van der Waals surface area contributed by atoms with Gasteiger partial charge in [-0.25, -0.2) is 0 Å². The van der Waals surface area contributed by atoms with Gasteiger partial charge in [0, 0.05) is 0 Å². The van der Waals surface area contributed by atoms with Crippen molar-refractivity contribution in [2.24, 2.45) is 0 Å². The highest BCUT2D eigenvalue weighted by molar-refractivity contribution is 6.94. The van der Waals surface area contributed by atoms with Crippen molar-refractivity contribution in [2.45, 2.75) is 57.7 Å². The van der Waals surface area contributed by atoms with Crippen LogP contribution in [0.2, 0.25) is 36.9 Å². The topological polar surface area (TPSA) is 9.23 Å². The summed E-state index contributed by atoms with van der Waals surface area (Å²) in [5.41, 5.74) is 1.39. The molecule has 1 aromatic rings. The molecular weight excluding hydrogens is 252 g/mol. The van der Waals surface area contributed by atoms with E-state index >= 15 is 0 Å². The van der Waals surface area contributed by atoms with Crippen molar-refractivity contribution in [3.63, 3.8) is 0 Å². The third-order valence-corrected chi connectivity index (χ3v) is 15.9. The lowest BCUT2D eigenvalue weighted by atomic mass is 10.3. The van der Waals surface area contributed by atoms with E-state index in [0.717, 1.165) is 5.75 Å². The Balaban J connectivity index is 2.74. The van der Waals surface area contributed by atoms with Crippen LogP contribution < -0.4 is 4.43 Å². The first-order valence-electron chi connectivity index (χ1n) is 7.21. The van der Waals surface area contributed by atoms with Crippen molar-refractivity contribution < 1.29 is 4.43 Å². The average molecular weight is 281 g/mol. The maximum atomic E-state index is 6.34. The summed E-state index contributed by atoms with van der Waals surface area (Å²) in [7, 11) is -2.65. The van der Waals surface area contributed by atoms with Gasteiger partial charge in [0.25, 0.3) is 0 Å². The van der Waals surface area contributed by atoms with Crippen molar-refractivity contribution >= 4 is 16.4 Å². The highest BCUT2D eigenvalue weighted by atomic mass is 28.4. The minimum absolute atomic E-state index is 1.06. The fraction of sp³-hybridized carbons (Fsp3) is 0.600. The van der Waals surface area contributed by atoms with Gasteiger partial charge in [0.15, 0.2) is 0 Å². The van der Waals surface area contributed by atoms with E-state index in [9.17, 15) is 0 Å². The summed E-state index contributed by atoms with van der Waals surface area (Å²) in [4.78, 5) is 0. The van der Waals surface area contributed by atoms with Crippen molar-refractivity contribution in [1.29, 1.82) is 0 Å². The predicted molar refractivity (Wildman–Crippen MR) is 86.6 cm³/mol. The number of benzene rings is 1. The second-order valence-electron chi connectivity index (χ2n) is 5.91. The van der Waals surface area contributed by atoms with E-state index < -0.39 is 16.4 Å². The van der Waals surface area contributed by atoms with Crippen molar-refractivity contribution in [1.82, 2.24) is 0 Å². The Morgan fingerprint density at radius 1 is 0.889 bits per heavy atom. The van der Waals surface area contributed by atoms with E-state index in [2.05, 4.69) is 58.1 Å². The zero-order chi connectivity index (χ0) is 13.6. The molecule has 0 N–H and O–H groups in total. The molecule has 0 fully saturated rings. The first-order chi connectivity index (χ1) is 8.47. The summed E-state index contributed by atoms with van der Waals surface area (Å²) >= 11 is 0. The zero-order valence-corrected chi connectivity index (χ0v) is 14.6. The maximum Gasteiger partial charge on any atom is 0.242 e. The Kier molecular flexibility index (Phi) is 5.66. The fourth-order valence-electron chi connectivity index (χ4n) is 2.87. The molecule has 1 rings (SSSR count). The van der Waals surface area contributed by atoms with Crippen LogP contribution in [-0.2, 0) is 0 Å². The number of rotatable bonds is 7. The molecule has 1 aromatic carbocycles.